The van der Waals surface area contributed by atoms with Crippen LogP contribution >= 0.6 is 11.6 Å². The summed E-state index contributed by atoms with van der Waals surface area (Å²) in [6.07, 6.45) is 2.91. The molecule has 1 unspecified atom stereocenters. The number of hydrogen-bond donors (Lipinski definition) is 6. The summed E-state index contributed by atoms with van der Waals surface area (Å²) in [5.74, 6) is -4.37. The normalized spacial score (nSPS) is 14.7. The van der Waals surface area contributed by atoms with Crippen LogP contribution < -0.4 is 11.0 Å². The van der Waals surface area contributed by atoms with E-state index < -0.39 is 60.5 Å². The molecule has 0 saturated carbocycles. The third-order valence-electron chi connectivity index (χ3n) is 6.30. The lowest BCUT2D eigenvalue weighted by Gasteiger charge is -2.31. The number of hydrogen-bond acceptors (Lipinski definition) is 7. The van der Waals surface area contributed by atoms with Crippen molar-refractivity contribution in [3.63, 3.8) is 0 Å². The maximum atomic E-state index is 14.1. The number of allylic oxidation sites excluding steroid dienone is 1. The van der Waals surface area contributed by atoms with E-state index in [0.717, 1.165) is 17.7 Å². The topological polar surface area (TPSA) is 160 Å². The van der Waals surface area contributed by atoms with Gasteiger partial charge in [-0.2, -0.15) is 0 Å². The highest BCUT2D eigenvalue weighted by Crippen LogP contribution is 2.39. The number of benzene rings is 2. The zero-order valence-corrected chi connectivity index (χ0v) is 20.6. The van der Waals surface area contributed by atoms with Crippen molar-refractivity contribution >= 4 is 41.1 Å². The zero-order chi connectivity index (χ0) is 27.8. The van der Waals surface area contributed by atoms with Gasteiger partial charge < -0.3 is 30.7 Å². The first-order chi connectivity index (χ1) is 18.1. The molecular weight excluding hydrogens is 526 g/mol. The van der Waals surface area contributed by atoms with Gasteiger partial charge in [0.25, 0.3) is 0 Å². The largest absolute Gasteiger partial charge is 0.493 e. The van der Waals surface area contributed by atoms with E-state index in [1.165, 1.54) is 12.3 Å². The molecule has 2 heterocycles. The van der Waals surface area contributed by atoms with Crippen LogP contribution in [0.1, 0.15) is 28.4 Å². The third-order valence-corrected chi connectivity index (χ3v) is 6.71. The molecule has 2 aromatic carbocycles. The lowest BCUT2D eigenvalue weighted by molar-refractivity contribution is -0.127. The lowest BCUT2D eigenvalue weighted by Crippen LogP contribution is -2.58. The fraction of sp³-hybridized carbons (Fsp3) is 0.240. The molecule has 0 fully saturated rings. The predicted molar refractivity (Wildman–Crippen MR) is 136 cm³/mol. The molecule has 0 spiro atoms. The van der Waals surface area contributed by atoms with Gasteiger partial charge in [0.05, 0.1) is 25.5 Å². The molecule has 10 nitrogen and oxygen atoms in total. The number of carbonyl (C=O) groups excluding carboxylic acids is 1. The molecule has 1 amide bonds. The van der Waals surface area contributed by atoms with Crippen molar-refractivity contribution in [2.45, 2.75) is 18.5 Å². The number of halogens is 3. The number of aliphatic imine (C=N–C) groups is 1. The number of rotatable bonds is 8. The number of fused-ring (bicyclic) bond motifs is 1. The number of amides is 1. The van der Waals surface area contributed by atoms with Gasteiger partial charge in [-0.3, -0.25) is 9.79 Å². The SMILES string of the molecule is Cc1c(Cl)ccc2c1N=C/C2=C\c1[nH]c(=O)n(C(C(=O)NC(CO)(CO)CO)c2ccc(F)c(F)c2)c1O. The number of carbonyl (C=O) groups is 1. The summed E-state index contributed by atoms with van der Waals surface area (Å²) >= 11 is 6.15. The molecule has 13 heteroatoms. The summed E-state index contributed by atoms with van der Waals surface area (Å²) in [6, 6.07) is 4.03. The van der Waals surface area contributed by atoms with E-state index in [0.29, 0.717) is 32.5 Å². The van der Waals surface area contributed by atoms with Gasteiger partial charge in [-0.15, -0.1) is 0 Å². The molecule has 38 heavy (non-hydrogen) atoms. The fourth-order valence-corrected chi connectivity index (χ4v) is 4.20. The van der Waals surface area contributed by atoms with Crippen LogP contribution in [0.5, 0.6) is 5.88 Å². The standard InChI is InChI=1S/C25H23ClF2N4O6/c1-12-16(26)4-3-15-14(8-29-20(12)15)7-19-23(37)32(24(38)30-19)21(13-2-5-17(27)18(28)6-13)22(36)31-25(9-33,10-34)11-35/h2-8,21,33-35,37H,9-11H2,1H3,(H,30,38)(H,31,36)/b14-7+. The second kappa shape index (κ2) is 10.5. The van der Waals surface area contributed by atoms with Crippen molar-refractivity contribution in [1.29, 1.82) is 0 Å². The number of imidazole rings is 1. The van der Waals surface area contributed by atoms with E-state index in [4.69, 9.17) is 11.6 Å². The Balaban J connectivity index is 1.83. The Labute approximate surface area is 219 Å². The number of aromatic nitrogens is 2. The smallest absolute Gasteiger partial charge is 0.329 e. The molecule has 1 aliphatic rings. The Morgan fingerprint density at radius 2 is 1.87 bits per heavy atom. The van der Waals surface area contributed by atoms with Crippen molar-refractivity contribution < 1.29 is 34.0 Å². The quantitative estimate of drug-likeness (QED) is 0.252. The molecule has 4 rings (SSSR count). The Kier molecular flexibility index (Phi) is 7.51. The molecule has 0 saturated heterocycles. The lowest BCUT2D eigenvalue weighted by atomic mass is 10.00. The maximum Gasteiger partial charge on any atom is 0.329 e. The fourth-order valence-electron chi connectivity index (χ4n) is 4.04. The molecule has 0 aliphatic carbocycles. The Hall–Kier alpha value is -3.84. The summed E-state index contributed by atoms with van der Waals surface area (Å²) < 4.78 is 28.4. The van der Waals surface area contributed by atoms with Crippen molar-refractivity contribution in [1.82, 2.24) is 14.9 Å². The van der Waals surface area contributed by atoms with Crippen LogP contribution in [-0.2, 0) is 4.79 Å². The highest BCUT2D eigenvalue weighted by Gasteiger charge is 2.36. The summed E-state index contributed by atoms with van der Waals surface area (Å²) in [7, 11) is 0. The third kappa shape index (κ3) is 4.74. The number of aromatic hydroxyl groups is 1. The van der Waals surface area contributed by atoms with Gasteiger partial charge in [0.15, 0.2) is 11.6 Å². The van der Waals surface area contributed by atoms with Crippen LogP contribution in [0.15, 0.2) is 40.1 Å². The second-order valence-electron chi connectivity index (χ2n) is 8.78. The van der Waals surface area contributed by atoms with Gasteiger partial charge in [0.2, 0.25) is 11.8 Å². The summed E-state index contributed by atoms with van der Waals surface area (Å²) in [6.45, 7) is -0.870. The molecule has 6 N–H and O–H groups in total. The van der Waals surface area contributed by atoms with E-state index in [1.807, 2.05) is 0 Å². The zero-order valence-electron chi connectivity index (χ0n) is 19.9. The number of aromatic amines is 1. The number of nitrogens with one attached hydrogen (secondary N) is 2. The van der Waals surface area contributed by atoms with Gasteiger partial charge in [-0.25, -0.2) is 18.1 Å². The first kappa shape index (κ1) is 27.2. The first-order valence-corrected chi connectivity index (χ1v) is 11.6. The Morgan fingerprint density at radius 3 is 2.50 bits per heavy atom. The van der Waals surface area contributed by atoms with Crippen LogP contribution in [0.4, 0.5) is 14.5 Å². The van der Waals surface area contributed by atoms with E-state index >= 15 is 0 Å². The van der Waals surface area contributed by atoms with E-state index in [1.54, 1.807) is 19.1 Å². The summed E-state index contributed by atoms with van der Waals surface area (Å²) in [5, 5.41) is 42.6. The van der Waals surface area contributed by atoms with E-state index in [9.17, 15) is 38.8 Å². The van der Waals surface area contributed by atoms with Crippen LogP contribution in [0, 0.1) is 18.6 Å². The van der Waals surface area contributed by atoms with Crippen LogP contribution in [0.3, 0.4) is 0 Å². The molecule has 200 valence electrons. The van der Waals surface area contributed by atoms with E-state index in [-0.39, 0.29) is 11.3 Å². The first-order valence-electron chi connectivity index (χ1n) is 11.2. The number of H-pyrrole nitrogens is 1. The molecule has 1 atom stereocenters. The van der Waals surface area contributed by atoms with Gasteiger partial charge in [0, 0.05) is 22.4 Å². The second-order valence-corrected chi connectivity index (χ2v) is 9.19. The summed E-state index contributed by atoms with van der Waals surface area (Å²) in [5.41, 5.74) is -0.716. The average molecular weight is 549 g/mol. The van der Waals surface area contributed by atoms with Gasteiger partial charge in [-0.05, 0) is 42.3 Å². The van der Waals surface area contributed by atoms with Gasteiger partial charge in [-0.1, -0.05) is 23.7 Å². The van der Waals surface area contributed by atoms with Crippen LogP contribution in [0.2, 0.25) is 5.02 Å². The maximum absolute atomic E-state index is 14.1. The minimum atomic E-state index is -1.91. The van der Waals surface area contributed by atoms with Crippen LogP contribution in [-0.4, -0.2) is 67.5 Å². The van der Waals surface area contributed by atoms with Crippen molar-refractivity contribution in [3.8, 4) is 5.88 Å². The summed E-state index contributed by atoms with van der Waals surface area (Å²) in [4.78, 5) is 33.1. The average Bonchev–Trinajstić information content (AvgIpc) is 3.43. The highest BCUT2D eigenvalue weighted by molar-refractivity contribution is 6.32. The Bertz CT molecular complexity index is 1520. The number of aliphatic hydroxyl groups excluding tert-OH is 3. The molecule has 1 aromatic heterocycles. The van der Waals surface area contributed by atoms with Crippen LogP contribution in [0.25, 0.3) is 11.6 Å². The molecular formula is C25H23ClF2N4O6. The number of aliphatic hydroxyl groups is 3. The van der Waals surface area contributed by atoms with Crippen molar-refractivity contribution in [3.05, 3.63) is 79.9 Å². The van der Waals surface area contributed by atoms with Crippen molar-refractivity contribution in [2.24, 2.45) is 4.99 Å². The van der Waals surface area contributed by atoms with Crippen molar-refractivity contribution in [2.75, 3.05) is 19.8 Å². The van der Waals surface area contributed by atoms with E-state index in [2.05, 4.69) is 15.3 Å². The predicted octanol–water partition coefficient (Wildman–Crippen LogP) is 1.80. The Morgan fingerprint density at radius 1 is 1.18 bits per heavy atom. The molecule has 3 aromatic rings. The van der Waals surface area contributed by atoms with Gasteiger partial charge in [0.1, 0.15) is 17.3 Å². The molecule has 0 radical (unpaired) electrons. The highest BCUT2D eigenvalue weighted by atomic mass is 35.5. The molecule has 1 aliphatic heterocycles. The minimum absolute atomic E-state index is 0.116. The van der Waals surface area contributed by atoms with Gasteiger partial charge >= 0.3 is 5.69 Å². The molecule has 0 bridgehead atoms. The number of nitrogens with zero attached hydrogens (tertiary/aromatic N) is 2. The monoisotopic (exact) mass is 548 g/mol. The minimum Gasteiger partial charge on any atom is -0.493 e.